The first-order valence-corrected chi connectivity index (χ1v) is 12.4. The fourth-order valence-corrected chi connectivity index (χ4v) is 6.04. The normalized spacial score (nSPS) is 23.6. The van der Waals surface area contributed by atoms with Crippen LogP contribution in [0, 0.1) is 5.92 Å². The number of carboxylic acids is 1. The molecule has 2 aromatic carbocycles. The van der Waals surface area contributed by atoms with E-state index in [9.17, 15) is 4.79 Å². The molecule has 0 amide bonds. The van der Waals surface area contributed by atoms with Crippen LogP contribution in [0.15, 0.2) is 47.0 Å². The number of anilines is 1. The molecule has 3 aromatic rings. The van der Waals surface area contributed by atoms with Gasteiger partial charge in [0.05, 0.1) is 28.3 Å². The van der Waals surface area contributed by atoms with Crippen molar-refractivity contribution in [3.8, 4) is 11.3 Å². The van der Waals surface area contributed by atoms with Crippen LogP contribution in [0.3, 0.4) is 0 Å². The van der Waals surface area contributed by atoms with Crippen molar-refractivity contribution in [2.75, 3.05) is 11.4 Å². The maximum atomic E-state index is 11.1. The number of carbonyl (C=O) groups is 1. The Labute approximate surface area is 207 Å². The molecule has 0 unspecified atom stereocenters. The van der Waals surface area contributed by atoms with Crippen molar-refractivity contribution >= 4 is 34.9 Å². The van der Waals surface area contributed by atoms with Crippen LogP contribution >= 0.6 is 23.2 Å². The highest BCUT2D eigenvalue weighted by atomic mass is 35.5. The smallest absolute Gasteiger partial charge is 0.335 e. The number of halogens is 2. The van der Waals surface area contributed by atoms with E-state index in [1.54, 1.807) is 12.1 Å². The molecule has 2 heterocycles. The minimum absolute atomic E-state index is 0.163. The third-order valence-electron chi connectivity index (χ3n) is 7.33. The number of nitrogens with zero attached hydrogens (tertiary/aromatic N) is 2. The van der Waals surface area contributed by atoms with Crippen LogP contribution in [-0.4, -0.2) is 34.9 Å². The largest absolute Gasteiger partial charge is 0.478 e. The molecule has 1 N–H and O–H groups in total. The summed E-state index contributed by atoms with van der Waals surface area (Å²) in [5.41, 5.74) is 3.72. The summed E-state index contributed by atoms with van der Waals surface area (Å²) in [6.45, 7) is 1.33. The van der Waals surface area contributed by atoms with Gasteiger partial charge in [0.2, 0.25) is 0 Å². The first kappa shape index (κ1) is 22.0. The van der Waals surface area contributed by atoms with Crippen molar-refractivity contribution in [2.24, 2.45) is 5.92 Å². The molecular formula is C26H24Cl2N2O4. The van der Waals surface area contributed by atoms with Gasteiger partial charge in [-0.1, -0.05) is 34.4 Å². The average molecular weight is 499 g/mol. The molecule has 34 heavy (non-hydrogen) atoms. The van der Waals surface area contributed by atoms with Gasteiger partial charge in [-0.15, -0.1) is 0 Å². The number of hydrogen-bond acceptors (Lipinski definition) is 5. The van der Waals surface area contributed by atoms with E-state index >= 15 is 0 Å². The fraction of sp³-hybridized carbons (Fsp3) is 0.385. The second-order valence-electron chi connectivity index (χ2n) is 9.48. The number of benzene rings is 2. The van der Waals surface area contributed by atoms with Gasteiger partial charge in [-0.2, -0.15) is 0 Å². The molecule has 6 rings (SSSR count). The summed E-state index contributed by atoms with van der Waals surface area (Å²) in [6.07, 6.45) is 4.38. The monoisotopic (exact) mass is 498 g/mol. The lowest BCUT2D eigenvalue weighted by atomic mass is 10.0. The SMILES string of the molecule is O=C(O)c1ccc(N2C[C@H]3C[C@@H]2C[C@@H]3OCc2c(-c3c(Cl)cccc3Cl)noc2C2CC2)cc1. The molecular weight excluding hydrogens is 475 g/mol. The number of aromatic carboxylic acids is 1. The Kier molecular flexibility index (Phi) is 5.55. The summed E-state index contributed by atoms with van der Waals surface area (Å²) in [7, 11) is 0. The van der Waals surface area contributed by atoms with Gasteiger partial charge in [-0.05, 0) is 62.1 Å². The van der Waals surface area contributed by atoms with E-state index in [4.69, 9.17) is 37.6 Å². The van der Waals surface area contributed by atoms with Crippen molar-refractivity contribution in [1.82, 2.24) is 5.16 Å². The minimum Gasteiger partial charge on any atom is -0.478 e. The van der Waals surface area contributed by atoms with Gasteiger partial charge in [0.15, 0.2) is 0 Å². The number of ether oxygens (including phenoxy) is 1. The van der Waals surface area contributed by atoms with Crippen molar-refractivity contribution in [1.29, 1.82) is 0 Å². The highest BCUT2D eigenvalue weighted by molar-refractivity contribution is 6.39. The summed E-state index contributed by atoms with van der Waals surface area (Å²) < 4.78 is 12.3. The highest BCUT2D eigenvalue weighted by Gasteiger charge is 2.45. The summed E-state index contributed by atoms with van der Waals surface area (Å²) in [5.74, 6) is 0.820. The van der Waals surface area contributed by atoms with Crippen molar-refractivity contribution in [3.05, 3.63) is 69.4 Å². The van der Waals surface area contributed by atoms with Crippen LogP contribution in [0.4, 0.5) is 5.69 Å². The Bertz CT molecular complexity index is 1220. The maximum Gasteiger partial charge on any atom is 0.335 e. The quantitative estimate of drug-likeness (QED) is 0.405. The number of piperidine rings is 1. The molecule has 0 radical (unpaired) electrons. The molecule has 3 fully saturated rings. The van der Waals surface area contributed by atoms with E-state index in [-0.39, 0.29) is 6.10 Å². The van der Waals surface area contributed by atoms with Crippen LogP contribution in [0.25, 0.3) is 11.3 Å². The molecule has 2 saturated carbocycles. The Morgan fingerprint density at radius 1 is 1.12 bits per heavy atom. The molecule has 1 aromatic heterocycles. The fourth-order valence-electron chi connectivity index (χ4n) is 5.46. The zero-order chi connectivity index (χ0) is 23.4. The molecule has 3 atom stereocenters. The van der Waals surface area contributed by atoms with Crippen LogP contribution < -0.4 is 4.90 Å². The Balaban J connectivity index is 1.17. The Morgan fingerprint density at radius 3 is 2.47 bits per heavy atom. The molecule has 0 spiro atoms. The van der Waals surface area contributed by atoms with E-state index < -0.39 is 5.97 Å². The van der Waals surface area contributed by atoms with E-state index in [1.807, 2.05) is 30.3 Å². The van der Waals surface area contributed by atoms with Gasteiger partial charge >= 0.3 is 5.97 Å². The predicted molar refractivity (Wildman–Crippen MR) is 130 cm³/mol. The van der Waals surface area contributed by atoms with Crippen LogP contribution in [0.5, 0.6) is 0 Å². The van der Waals surface area contributed by atoms with Gasteiger partial charge in [0.1, 0.15) is 11.5 Å². The van der Waals surface area contributed by atoms with Crippen LogP contribution in [-0.2, 0) is 11.3 Å². The second kappa shape index (κ2) is 8.59. The van der Waals surface area contributed by atoms with Gasteiger partial charge < -0.3 is 19.3 Å². The molecule has 3 aliphatic rings. The van der Waals surface area contributed by atoms with E-state index in [0.29, 0.717) is 51.4 Å². The molecule has 8 heteroatoms. The lowest BCUT2D eigenvalue weighted by Crippen LogP contribution is -2.38. The molecule has 6 nitrogen and oxygen atoms in total. The summed E-state index contributed by atoms with van der Waals surface area (Å²) >= 11 is 13.0. The van der Waals surface area contributed by atoms with E-state index in [0.717, 1.165) is 49.2 Å². The average Bonchev–Trinajstić information content (AvgIpc) is 3.28. The lowest BCUT2D eigenvalue weighted by Gasteiger charge is -2.33. The first-order valence-electron chi connectivity index (χ1n) is 11.6. The summed E-state index contributed by atoms with van der Waals surface area (Å²) in [6, 6.07) is 13.0. The number of rotatable bonds is 7. The molecule has 176 valence electrons. The van der Waals surface area contributed by atoms with Crippen LogP contribution in [0.2, 0.25) is 10.0 Å². The molecule has 1 aliphatic heterocycles. The third kappa shape index (κ3) is 3.88. The first-order chi connectivity index (χ1) is 16.5. The van der Waals surface area contributed by atoms with Gasteiger partial charge in [-0.3, -0.25) is 0 Å². The van der Waals surface area contributed by atoms with Gasteiger partial charge in [0.25, 0.3) is 0 Å². The van der Waals surface area contributed by atoms with Crippen molar-refractivity contribution < 1.29 is 19.2 Å². The Morgan fingerprint density at radius 2 is 1.85 bits per heavy atom. The number of fused-ring (bicyclic) bond motifs is 2. The summed E-state index contributed by atoms with van der Waals surface area (Å²) in [4.78, 5) is 13.5. The zero-order valence-electron chi connectivity index (χ0n) is 18.4. The number of carboxylic acid groups (broad SMARTS) is 1. The lowest BCUT2D eigenvalue weighted by molar-refractivity contribution is 0.0122. The zero-order valence-corrected chi connectivity index (χ0v) is 19.9. The molecule has 2 aliphatic carbocycles. The second-order valence-corrected chi connectivity index (χ2v) is 10.3. The highest BCUT2D eigenvalue weighted by Crippen LogP contribution is 2.47. The Hall–Kier alpha value is -2.54. The third-order valence-corrected chi connectivity index (χ3v) is 7.96. The minimum atomic E-state index is -0.903. The number of aromatic nitrogens is 1. The molecule has 2 bridgehead atoms. The van der Waals surface area contributed by atoms with E-state index in [1.165, 1.54) is 0 Å². The van der Waals surface area contributed by atoms with E-state index in [2.05, 4.69) is 10.1 Å². The summed E-state index contributed by atoms with van der Waals surface area (Å²) in [5, 5.41) is 14.6. The van der Waals surface area contributed by atoms with Crippen molar-refractivity contribution in [2.45, 2.75) is 50.4 Å². The van der Waals surface area contributed by atoms with Gasteiger partial charge in [-0.25, -0.2) is 4.79 Å². The maximum absolute atomic E-state index is 11.1. The molecule has 1 saturated heterocycles. The van der Waals surface area contributed by atoms with Crippen LogP contribution in [0.1, 0.15) is 53.3 Å². The van der Waals surface area contributed by atoms with Crippen molar-refractivity contribution in [3.63, 3.8) is 0 Å². The van der Waals surface area contributed by atoms with Gasteiger partial charge in [0, 0.05) is 41.2 Å². The predicted octanol–water partition coefficient (Wildman–Crippen LogP) is 6.41. The number of hydrogen-bond donors (Lipinski definition) is 1. The topological polar surface area (TPSA) is 75.8 Å². The standard InChI is InChI=1S/C26H24Cl2N2O4/c27-20-2-1-3-21(28)23(20)24-19(25(34-29-24)14-4-5-14)13-33-22-11-18-10-16(22)12-30(18)17-8-6-15(7-9-17)26(31)32/h1-3,6-9,14,16,18,22H,4-5,10-13H2,(H,31,32)/t16-,18-,22+/m1/s1.